The molecule has 0 bridgehead atoms. The number of hydrogen-bond acceptors (Lipinski definition) is 0. The zero-order valence-electron chi connectivity index (χ0n) is 19.1. The molecule has 0 aliphatic heterocycles. The van der Waals surface area contributed by atoms with Crippen LogP contribution in [0.5, 0.6) is 0 Å². The summed E-state index contributed by atoms with van der Waals surface area (Å²) in [5.41, 5.74) is 1.51. The average molecular weight is 309 g/mol. The Hall–Kier alpha value is -1.48. The molecule has 0 radical (unpaired) electrons. The summed E-state index contributed by atoms with van der Waals surface area (Å²) in [6.07, 6.45) is 1.82. The molecule has 1 nitrogen and oxygen atoms in total. The van der Waals surface area contributed by atoms with Crippen molar-refractivity contribution in [2.75, 3.05) is 0 Å². The van der Waals surface area contributed by atoms with Crippen LogP contribution in [0.2, 0.25) is 19.6 Å². The molecule has 2 rings (SSSR count). The number of rotatable bonds is 2. The van der Waals surface area contributed by atoms with Crippen LogP contribution in [0.3, 0.4) is 0 Å². The van der Waals surface area contributed by atoms with Gasteiger partial charge in [0.25, 0.3) is 0 Å². The number of nitrogens with zero attached hydrogens (tertiary/aromatic N) is 1. The standard InChI is InChI=1S/C18H25FNSi/c1-12-9-16(19)13(2)8-15(12)17-10-14(3)18(11-20(17)4)21(5,6)7/h8-11H,1-7H3/q+1/i2D3,3D3. The van der Waals surface area contributed by atoms with E-state index in [4.69, 9.17) is 8.22 Å². The Morgan fingerprint density at radius 1 is 1.05 bits per heavy atom. The minimum Gasteiger partial charge on any atom is -0.207 e. The van der Waals surface area contributed by atoms with E-state index in [2.05, 4.69) is 19.6 Å². The van der Waals surface area contributed by atoms with Gasteiger partial charge >= 0.3 is 0 Å². The van der Waals surface area contributed by atoms with E-state index in [0.717, 1.165) is 5.19 Å². The fourth-order valence-electron chi connectivity index (χ4n) is 2.46. The third kappa shape index (κ3) is 3.08. The second-order valence-corrected chi connectivity index (χ2v) is 11.5. The second kappa shape index (κ2) is 5.37. The van der Waals surface area contributed by atoms with Crippen molar-refractivity contribution in [3.8, 4) is 11.3 Å². The van der Waals surface area contributed by atoms with E-state index < -0.39 is 27.6 Å². The van der Waals surface area contributed by atoms with Crippen LogP contribution in [0.15, 0.2) is 24.4 Å². The molecule has 112 valence electrons. The van der Waals surface area contributed by atoms with Gasteiger partial charge in [-0.05, 0) is 49.5 Å². The predicted molar refractivity (Wildman–Crippen MR) is 90.2 cm³/mol. The summed E-state index contributed by atoms with van der Waals surface area (Å²) >= 11 is 0. The molecule has 0 unspecified atom stereocenters. The second-order valence-electron chi connectivity index (χ2n) is 6.49. The van der Waals surface area contributed by atoms with Crippen molar-refractivity contribution < 1.29 is 17.2 Å². The van der Waals surface area contributed by atoms with Crippen LogP contribution in [0, 0.1) is 26.4 Å². The van der Waals surface area contributed by atoms with Crippen LogP contribution in [-0.2, 0) is 7.05 Å². The molecule has 0 amide bonds. The molecular formula is C18H25FNSi+. The van der Waals surface area contributed by atoms with E-state index >= 15 is 0 Å². The smallest absolute Gasteiger partial charge is 0.207 e. The van der Waals surface area contributed by atoms with Crippen molar-refractivity contribution >= 4 is 13.3 Å². The van der Waals surface area contributed by atoms with Gasteiger partial charge in [-0.1, -0.05) is 19.6 Å². The lowest BCUT2D eigenvalue weighted by molar-refractivity contribution is -0.659. The predicted octanol–water partition coefficient (Wildman–Crippen LogP) is 3.79. The molecule has 0 saturated carbocycles. The zero-order valence-corrected chi connectivity index (χ0v) is 14.1. The quantitative estimate of drug-likeness (QED) is 0.587. The van der Waals surface area contributed by atoms with Gasteiger partial charge in [-0.15, -0.1) is 0 Å². The molecule has 0 atom stereocenters. The van der Waals surface area contributed by atoms with Gasteiger partial charge in [-0.25, -0.2) is 8.96 Å². The first-order chi connectivity index (χ1) is 12.0. The van der Waals surface area contributed by atoms with Crippen LogP contribution >= 0.6 is 0 Å². The number of aromatic nitrogens is 1. The highest BCUT2D eigenvalue weighted by Crippen LogP contribution is 2.24. The van der Waals surface area contributed by atoms with Crippen molar-refractivity contribution in [3.63, 3.8) is 0 Å². The molecule has 1 aromatic heterocycles. The number of benzene rings is 1. The highest BCUT2D eigenvalue weighted by Gasteiger charge is 2.24. The Morgan fingerprint density at radius 2 is 1.71 bits per heavy atom. The first kappa shape index (κ1) is 9.52. The van der Waals surface area contributed by atoms with Gasteiger partial charge in [-0.3, -0.25) is 0 Å². The van der Waals surface area contributed by atoms with E-state index in [1.807, 2.05) is 6.20 Å². The van der Waals surface area contributed by atoms with Crippen molar-refractivity contribution in [1.29, 1.82) is 0 Å². The largest absolute Gasteiger partial charge is 0.212 e. The molecular weight excluding hydrogens is 277 g/mol. The summed E-state index contributed by atoms with van der Waals surface area (Å²) in [4.78, 5) is 0. The van der Waals surface area contributed by atoms with Crippen molar-refractivity contribution in [3.05, 3.63) is 46.9 Å². The third-order valence-electron chi connectivity index (χ3n) is 3.67. The number of halogens is 1. The van der Waals surface area contributed by atoms with E-state index in [9.17, 15) is 4.39 Å². The van der Waals surface area contributed by atoms with Crippen LogP contribution in [-0.4, -0.2) is 8.07 Å². The van der Waals surface area contributed by atoms with Crippen molar-refractivity contribution in [2.45, 2.75) is 40.3 Å². The Bertz CT molecular complexity index is 881. The molecule has 3 heteroatoms. The Kier molecular flexibility index (Phi) is 2.44. The maximum absolute atomic E-state index is 14.2. The van der Waals surface area contributed by atoms with Crippen LogP contribution in [0.4, 0.5) is 4.39 Å². The van der Waals surface area contributed by atoms with Gasteiger partial charge in [0.15, 0.2) is 6.20 Å². The lowest BCUT2D eigenvalue weighted by Gasteiger charge is -2.18. The summed E-state index contributed by atoms with van der Waals surface area (Å²) in [5, 5.41) is 0.824. The lowest BCUT2D eigenvalue weighted by Crippen LogP contribution is -2.46. The molecule has 2 aromatic rings. The maximum atomic E-state index is 14.2. The fourth-order valence-corrected chi connectivity index (χ4v) is 3.92. The average Bonchev–Trinajstić information content (AvgIpc) is 2.44. The number of hydrogen-bond donors (Lipinski definition) is 0. The Labute approximate surface area is 136 Å². The highest BCUT2D eigenvalue weighted by atomic mass is 28.3. The lowest BCUT2D eigenvalue weighted by atomic mass is 10.0. The SMILES string of the molecule is [2H]C([2H])([2H])c1cc(-c2cc(C([2H])([2H])[2H])c([Si](C)(C)C)c[n+]2C)c(C)cc1F. The monoisotopic (exact) mass is 308 g/mol. The molecule has 0 saturated heterocycles. The van der Waals surface area contributed by atoms with E-state index in [-0.39, 0.29) is 11.1 Å². The third-order valence-corrected chi connectivity index (χ3v) is 5.69. The van der Waals surface area contributed by atoms with E-state index in [1.165, 1.54) is 12.1 Å². The highest BCUT2D eigenvalue weighted by molar-refractivity contribution is 6.88. The molecule has 1 aromatic carbocycles. The van der Waals surface area contributed by atoms with Gasteiger partial charge in [0.05, 0.1) is 8.07 Å². The molecule has 0 aliphatic carbocycles. The van der Waals surface area contributed by atoms with E-state index in [0.29, 0.717) is 16.8 Å². The number of aryl methyl sites for hydroxylation is 4. The topological polar surface area (TPSA) is 3.88 Å². The van der Waals surface area contributed by atoms with Crippen LogP contribution in [0.25, 0.3) is 11.3 Å². The van der Waals surface area contributed by atoms with E-state index in [1.54, 1.807) is 24.6 Å². The maximum Gasteiger partial charge on any atom is 0.212 e. The van der Waals surface area contributed by atoms with Crippen molar-refractivity contribution in [1.82, 2.24) is 0 Å². The molecule has 21 heavy (non-hydrogen) atoms. The Balaban J connectivity index is 2.85. The van der Waals surface area contributed by atoms with Gasteiger partial charge in [-0.2, -0.15) is 0 Å². The van der Waals surface area contributed by atoms with Gasteiger partial charge in [0.1, 0.15) is 12.9 Å². The van der Waals surface area contributed by atoms with Crippen LogP contribution < -0.4 is 9.75 Å². The molecule has 1 heterocycles. The normalized spacial score (nSPS) is 17.2. The van der Waals surface area contributed by atoms with Crippen molar-refractivity contribution in [2.24, 2.45) is 7.05 Å². The molecule has 0 fully saturated rings. The van der Waals surface area contributed by atoms with Gasteiger partial charge in [0.2, 0.25) is 5.69 Å². The summed E-state index contributed by atoms with van der Waals surface area (Å²) < 4.78 is 62.5. The van der Waals surface area contributed by atoms with Crippen LogP contribution in [0.1, 0.15) is 24.9 Å². The molecule has 0 spiro atoms. The summed E-state index contributed by atoms with van der Waals surface area (Å²) in [6, 6.07) is 4.10. The first-order valence-corrected chi connectivity index (χ1v) is 10.4. The zero-order chi connectivity index (χ0) is 20.9. The molecule has 0 aliphatic rings. The number of pyridine rings is 1. The Morgan fingerprint density at radius 3 is 2.29 bits per heavy atom. The van der Waals surface area contributed by atoms with Gasteiger partial charge in [0, 0.05) is 25.0 Å². The minimum absolute atomic E-state index is 0.272. The minimum atomic E-state index is -2.59. The van der Waals surface area contributed by atoms with Gasteiger partial charge < -0.3 is 0 Å². The summed E-state index contributed by atoms with van der Waals surface area (Å²) in [5.74, 6) is -0.784. The first-order valence-electron chi connectivity index (χ1n) is 9.89. The molecule has 0 N–H and O–H groups in total. The summed E-state index contributed by atoms with van der Waals surface area (Å²) in [7, 11) is -0.145. The fraction of sp³-hybridized carbons (Fsp3) is 0.389. The summed E-state index contributed by atoms with van der Waals surface area (Å²) in [6.45, 7) is 3.03.